The van der Waals surface area contributed by atoms with Crippen LogP contribution in [0.4, 0.5) is 0 Å². The van der Waals surface area contributed by atoms with Crippen molar-refractivity contribution in [2.45, 2.75) is 92.1 Å². The molecule has 0 fully saturated rings. The predicted octanol–water partition coefficient (Wildman–Crippen LogP) is 5.35. The highest BCUT2D eigenvalue weighted by Crippen LogP contribution is 2.20. The third kappa shape index (κ3) is 11.0. The number of rotatable bonds is 11. The molecule has 114 valence electrons. The van der Waals surface area contributed by atoms with Crippen LogP contribution in [0, 0.1) is 11.8 Å². The summed E-state index contributed by atoms with van der Waals surface area (Å²) in [4.78, 5) is 10.9. The minimum atomic E-state index is -0.163. The minimum absolute atomic E-state index is 0.0531. The zero-order valence-electron chi connectivity index (χ0n) is 13.7. The van der Waals surface area contributed by atoms with E-state index >= 15 is 0 Å². The number of carbonyl (C=O) groups excluding carboxylic acids is 1. The lowest BCUT2D eigenvalue weighted by Gasteiger charge is -2.20. The van der Waals surface area contributed by atoms with E-state index in [9.17, 15) is 4.79 Å². The zero-order valence-corrected chi connectivity index (χ0v) is 13.7. The molecule has 0 amide bonds. The molecule has 0 aromatic carbocycles. The topological polar surface area (TPSA) is 26.3 Å². The van der Waals surface area contributed by atoms with Crippen LogP contribution in [-0.4, -0.2) is 12.1 Å². The Labute approximate surface area is 120 Å². The van der Waals surface area contributed by atoms with Crippen LogP contribution < -0.4 is 0 Å². The largest absolute Gasteiger partial charge is 0.463 e. The number of hydrogen-bond acceptors (Lipinski definition) is 2. The number of ether oxygens (including phenoxy) is 1. The van der Waals surface area contributed by atoms with E-state index in [1.54, 1.807) is 0 Å². The molecular formula is C17H34O2. The van der Waals surface area contributed by atoms with E-state index < -0.39 is 0 Å². The minimum Gasteiger partial charge on any atom is -0.463 e. The molecule has 0 aliphatic carbocycles. The van der Waals surface area contributed by atoms with E-state index in [0.29, 0.717) is 5.92 Å². The van der Waals surface area contributed by atoms with Crippen molar-refractivity contribution in [3.8, 4) is 0 Å². The molecule has 2 heteroatoms. The number of unbranched alkanes of at least 4 members (excludes halogenated alkanes) is 3. The van der Waals surface area contributed by atoms with Crippen LogP contribution in [0.2, 0.25) is 0 Å². The molecule has 0 aliphatic heterocycles. The molecule has 0 aromatic rings. The van der Waals surface area contributed by atoms with Crippen molar-refractivity contribution >= 4 is 5.97 Å². The second-order valence-corrected chi connectivity index (χ2v) is 6.18. The first kappa shape index (κ1) is 18.5. The Kier molecular flexibility index (Phi) is 11.0. The summed E-state index contributed by atoms with van der Waals surface area (Å²) in [6.07, 6.45) is 10.6. The molecule has 0 spiro atoms. The third-order valence-corrected chi connectivity index (χ3v) is 4.06. The standard InChI is InChI=1S/C17H34O2/c1-6-7-8-9-11-14(2)12-10-13-15(3)16(4)19-17(5)18/h14-16H,6-13H2,1-5H3/t14?,15-,16+/m1/s1. The van der Waals surface area contributed by atoms with Crippen LogP contribution in [0.1, 0.15) is 86.0 Å². The van der Waals surface area contributed by atoms with Gasteiger partial charge in [-0.05, 0) is 25.2 Å². The monoisotopic (exact) mass is 270 g/mol. The third-order valence-electron chi connectivity index (χ3n) is 4.06. The van der Waals surface area contributed by atoms with Crippen LogP contribution >= 0.6 is 0 Å². The number of esters is 1. The fourth-order valence-corrected chi connectivity index (χ4v) is 2.46. The fraction of sp³-hybridized carbons (Fsp3) is 0.941. The first-order chi connectivity index (χ1) is 8.97. The Bertz CT molecular complexity index is 225. The molecule has 0 radical (unpaired) electrons. The van der Waals surface area contributed by atoms with E-state index in [1.165, 1.54) is 51.9 Å². The summed E-state index contributed by atoms with van der Waals surface area (Å²) in [7, 11) is 0. The van der Waals surface area contributed by atoms with Crippen LogP contribution in [0.25, 0.3) is 0 Å². The van der Waals surface area contributed by atoms with Gasteiger partial charge in [-0.15, -0.1) is 0 Å². The molecule has 2 nitrogen and oxygen atoms in total. The van der Waals surface area contributed by atoms with Gasteiger partial charge in [0.05, 0.1) is 0 Å². The van der Waals surface area contributed by atoms with Gasteiger partial charge in [0.25, 0.3) is 0 Å². The highest BCUT2D eigenvalue weighted by Gasteiger charge is 2.15. The van der Waals surface area contributed by atoms with Crippen molar-refractivity contribution in [2.24, 2.45) is 11.8 Å². The molecule has 0 saturated carbocycles. The van der Waals surface area contributed by atoms with Crippen LogP contribution in [-0.2, 0) is 9.53 Å². The smallest absolute Gasteiger partial charge is 0.302 e. The molecule has 0 aliphatic rings. The summed E-state index contributed by atoms with van der Waals surface area (Å²) in [5, 5.41) is 0. The Morgan fingerprint density at radius 1 is 0.947 bits per heavy atom. The summed E-state index contributed by atoms with van der Waals surface area (Å²) in [6, 6.07) is 0. The molecular weight excluding hydrogens is 236 g/mol. The van der Waals surface area contributed by atoms with Gasteiger partial charge in [0.1, 0.15) is 6.10 Å². The maximum atomic E-state index is 10.9. The Morgan fingerprint density at radius 3 is 2.16 bits per heavy atom. The Hall–Kier alpha value is -0.530. The van der Waals surface area contributed by atoms with E-state index in [1.807, 2.05) is 6.92 Å². The number of hydrogen-bond donors (Lipinski definition) is 0. The molecule has 0 N–H and O–H groups in total. The molecule has 0 aromatic heterocycles. The van der Waals surface area contributed by atoms with Gasteiger partial charge in [-0.1, -0.05) is 65.7 Å². The first-order valence-electron chi connectivity index (χ1n) is 8.14. The Balaban J connectivity index is 3.57. The van der Waals surface area contributed by atoms with Gasteiger partial charge in [0, 0.05) is 6.92 Å². The second-order valence-electron chi connectivity index (χ2n) is 6.18. The van der Waals surface area contributed by atoms with Gasteiger partial charge in [-0.3, -0.25) is 4.79 Å². The highest BCUT2D eigenvalue weighted by molar-refractivity contribution is 5.66. The van der Waals surface area contributed by atoms with Crippen LogP contribution in [0.5, 0.6) is 0 Å². The van der Waals surface area contributed by atoms with Gasteiger partial charge in [-0.2, -0.15) is 0 Å². The van der Waals surface area contributed by atoms with Crippen molar-refractivity contribution in [1.29, 1.82) is 0 Å². The predicted molar refractivity (Wildman–Crippen MR) is 82.2 cm³/mol. The Morgan fingerprint density at radius 2 is 1.58 bits per heavy atom. The second kappa shape index (κ2) is 11.3. The first-order valence-corrected chi connectivity index (χ1v) is 8.14. The summed E-state index contributed by atoms with van der Waals surface area (Å²) < 4.78 is 5.22. The van der Waals surface area contributed by atoms with Crippen molar-refractivity contribution in [1.82, 2.24) is 0 Å². The van der Waals surface area contributed by atoms with E-state index in [-0.39, 0.29) is 12.1 Å². The van der Waals surface area contributed by atoms with E-state index in [0.717, 1.165) is 12.3 Å². The lowest BCUT2D eigenvalue weighted by Crippen LogP contribution is -2.20. The van der Waals surface area contributed by atoms with Crippen molar-refractivity contribution < 1.29 is 9.53 Å². The fourth-order valence-electron chi connectivity index (χ4n) is 2.46. The lowest BCUT2D eigenvalue weighted by atomic mass is 9.93. The summed E-state index contributed by atoms with van der Waals surface area (Å²) in [5.41, 5.74) is 0. The average Bonchev–Trinajstić information content (AvgIpc) is 2.33. The van der Waals surface area contributed by atoms with Crippen LogP contribution in [0.3, 0.4) is 0 Å². The maximum Gasteiger partial charge on any atom is 0.302 e. The molecule has 3 atom stereocenters. The van der Waals surface area contributed by atoms with E-state index in [2.05, 4.69) is 20.8 Å². The number of carbonyl (C=O) groups is 1. The van der Waals surface area contributed by atoms with Gasteiger partial charge in [0.15, 0.2) is 0 Å². The lowest BCUT2D eigenvalue weighted by molar-refractivity contribution is -0.147. The van der Waals surface area contributed by atoms with Gasteiger partial charge < -0.3 is 4.74 Å². The average molecular weight is 270 g/mol. The summed E-state index contributed by atoms with van der Waals surface area (Å²) in [6.45, 7) is 10.3. The highest BCUT2D eigenvalue weighted by atomic mass is 16.5. The quantitative estimate of drug-likeness (QED) is 0.373. The molecule has 1 unspecified atom stereocenters. The maximum absolute atomic E-state index is 10.9. The van der Waals surface area contributed by atoms with Crippen LogP contribution in [0.15, 0.2) is 0 Å². The van der Waals surface area contributed by atoms with Crippen molar-refractivity contribution in [3.63, 3.8) is 0 Å². The molecule has 19 heavy (non-hydrogen) atoms. The SMILES string of the molecule is CCCCCCC(C)CCC[C@@H](C)[C@H](C)OC(C)=O. The summed E-state index contributed by atoms with van der Waals surface area (Å²) in [5.74, 6) is 1.15. The normalized spacial score (nSPS) is 15.8. The van der Waals surface area contributed by atoms with Crippen molar-refractivity contribution in [3.05, 3.63) is 0 Å². The van der Waals surface area contributed by atoms with Gasteiger partial charge in [-0.25, -0.2) is 0 Å². The molecule has 0 saturated heterocycles. The summed E-state index contributed by atoms with van der Waals surface area (Å²) >= 11 is 0. The van der Waals surface area contributed by atoms with Crippen molar-refractivity contribution in [2.75, 3.05) is 0 Å². The van der Waals surface area contributed by atoms with Gasteiger partial charge in [0.2, 0.25) is 0 Å². The molecule has 0 rings (SSSR count). The zero-order chi connectivity index (χ0) is 14.7. The van der Waals surface area contributed by atoms with Gasteiger partial charge >= 0.3 is 5.97 Å². The van der Waals surface area contributed by atoms with E-state index in [4.69, 9.17) is 4.74 Å². The molecule has 0 bridgehead atoms. The molecule has 0 heterocycles.